The molecule has 1 saturated heterocycles. The fourth-order valence-electron chi connectivity index (χ4n) is 2.46. The molecule has 0 aromatic heterocycles. The molecule has 15 heavy (non-hydrogen) atoms. The molecule has 0 radical (unpaired) electrons. The Kier molecular flexibility index (Phi) is 5.58. The third-order valence-corrected chi connectivity index (χ3v) is 3.46. The standard InChI is InChI=1S/C12H26N2O/c1-5-6-11(13-3)9-14(4)12-7-8-15-10(12)2/h10-13H,5-9H2,1-4H3. The van der Waals surface area contributed by atoms with Crippen molar-refractivity contribution in [3.05, 3.63) is 0 Å². The summed E-state index contributed by atoms with van der Waals surface area (Å²) < 4.78 is 5.60. The minimum absolute atomic E-state index is 0.397. The first-order chi connectivity index (χ1) is 7.19. The van der Waals surface area contributed by atoms with Gasteiger partial charge in [0.25, 0.3) is 0 Å². The highest BCUT2D eigenvalue weighted by molar-refractivity contribution is 4.82. The van der Waals surface area contributed by atoms with Crippen LogP contribution in [0.25, 0.3) is 0 Å². The summed E-state index contributed by atoms with van der Waals surface area (Å²) in [5, 5.41) is 3.39. The Labute approximate surface area is 94.2 Å². The molecule has 90 valence electrons. The van der Waals surface area contributed by atoms with Gasteiger partial charge >= 0.3 is 0 Å². The molecule has 3 unspecified atom stereocenters. The Morgan fingerprint density at radius 2 is 2.27 bits per heavy atom. The van der Waals surface area contributed by atoms with Crippen LogP contribution in [0.15, 0.2) is 0 Å². The number of hydrogen-bond donors (Lipinski definition) is 1. The van der Waals surface area contributed by atoms with Crippen molar-refractivity contribution >= 4 is 0 Å². The lowest BCUT2D eigenvalue weighted by molar-refractivity contribution is 0.0802. The molecule has 1 heterocycles. The van der Waals surface area contributed by atoms with Crippen molar-refractivity contribution in [2.24, 2.45) is 0 Å². The van der Waals surface area contributed by atoms with E-state index in [0.717, 1.165) is 13.2 Å². The molecule has 0 saturated carbocycles. The summed E-state index contributed by atoms with van der Waals surface area (Å²) in [6.45, 7) is 6.48. The predicted molar refractivity (Wildman–Crippen MR) is 64.2 cm³/mol. The summed E-state index contributed by atoms with van der Waals surface area (Å²) in [5.74, 6) is 0. The SMILES string of the molecule is CCCC(CN(C)C1CCOC1C)NC. The molecule has 3 nitrogen and oxygen atoms in total. The second kappa shape index (κ2) is 6.46. The summed E-state index contributed by atoms with van der Waals surface area (Å²) in [5.41, 5.74) is 0. The van der Waals surface area contributed by atoms with Crippen LogP contribution in [0.5, 0.6) is 0 Å². The third kappa shape index (κ3) is 3.74. The van der Waals surface area contributed by atoms with Crippen LogP contribution in [-0.4, -0.2) is 50.3 Å². The number of nitrogens with zero attached hydrogens (tertiary/aromatic N) is 1. The van der Waals surface area contributed by atoms with Gasteiger partial charge in [-0.05, 0) is 33.9 Å². The Balaban J connectivity index is 2.35. The number of nitrogens with one attached hydrogen (secondary N) is 1. The number of ether oxygens (including phenoxy) is 1. The zero-order valence-corrected chi connectivity index (χ0v) is 10.6. The zero-order valence-electron chi connectivity index (χ0n) is 10.6. The summed E-state index contributed by atoms with van der Waals surface area (Å²) in [4.78, 5) is 2.45. The van der Waals surface area contributed by atoms with E-state index < -0.39 is 0 Å². The normalized spacial score (nSPS) is 28.6. The van der Waals surface area contributed by atoms with E-state index in [4.69, 9.17) is 4.74 Å². The highest BCUT2D eigenvalue weighted by Gasteiger charge is 2.28. The van der Waals surface area contributed by atoms with Crippen molar-refractivity contribution in [3.63, 3.8) is 0 Å². The van der Waals surface area contributed by atoms with Gasteiger partial charge in [0.2, 0.25) is 0 Å². The average molecular weight is 214 g/mol. The van der Waals surface area contributed by atoms with Crippen LogP contribution in [0.1, 0.15) is 33.1 Å². The molecule has 1 aliphatic heterocycles. The second-order valence-corrected chi connectivity index (χ2v) is 4.65. The van der Waals surface area contributed by atoms with E-state index >= 15 is 0 Å². The molecule has 0 aliphatic carbocycles. The summed E-state index contributed by atoms with van der Waals surface area (Å²) in [6, 6.07) is 1.23. The first-order valence-electron chi connectivity index (χ1n) is 6.18. The van der Waals surface area contributed by atoms with Gasteiger partial charge < -0.3 is 10.1 Å². The van der Waals surface area contributed by atoms with Crippen LogP contribution in [0, 0.1) is 0 Å². The van der Waals surface area contributed by atoms with Crippen LogP contribution in [0.2, 0.25) is 0 Å². The molecule has 0 spiro atoms. The van der Waals surface area contributed by atoms with E-state index in [9.17, 15) is 0 Å². The Morgan fingerprint density at radius 1 is 1.53 bits per heavy atom. The molecule has 0 bridgehead atoms. The maximum atomic E-state index is 5.60. The van der Waals surface area contributed by atoms with Gasteiger partial charge in [0.15, 0.2) is 0 Å². The minimum Gasteiger partial charge on any atom is -0.377 e. The van der Waals surface area contributed by atoms with Crippen molar-refractivity contribution < 1.29 is 4.74 Å². The monoisotopic (exact) mass is 214 g/mol. The smallest absolute Gasteiger partial charge is 0.0702 e. The van der Waals surface area contributed by atoms with Crippen molar-refractivity contribution in [2.75, 3.05) is 27.2 Å². The van der Waals surface area contributed by atoms with Crippen LogP contribution in [0.3, 0.4) is 0 Å². The fourth-order valence-corrected chi connectivity index (χ4v) is 2.46. The molecule has 1 fully saturated rings. The second-order valence-electron chi connectivity index (χ2n) is 4.65. The molecule has 3 atom stereocenters. The van der Waals surface area contributed by atoms with Gasteiger partial charge in [0.1, 0.15) is 0 Å². The summed E-state index contributed by atoms with van der Waals surface area (Å²) in [6.07, 6.45) is 4.08. The molecular formula is C12H26N2O. The molecule has 1 aliphatic rings. The molecule has 3 heteroatoms. The van der Waals surface area contributed by atoms with Crippen LogP contribution < -0.4 is 5.32 Å². The molecule has 1 rings (SSSR count). The van der Waals surface area contributed by atoms with Crippen molar-refractivity contribution in [2.45, 2.75) is 51.3 Å². The molecule has 0 aromatic rings. The highest BCUT2D eigenvalue weighted by Crippen LogP contribution is 2.18. The number of hydrogen-bond acceptors (Lipinski definition) is 3. The number of likely N-dealkylation sites (N-methyl/N-ethyl adjacent to an activating group) is 2. The van der Waals surface area contributed by atoms with E-state index in [1.54, 1.807) is 0 Å². The molecule has 1 N–H and O–H groups in total. The van der Waals surface area contributed by atoms with Crippen LogP contribution >= 0.6 is 0 Å². The Hall–Kier alpha value is -0.120. The van der Waals surface area contributed by atoms with Crippen molar-refractivity contribution in [1.29, 1.82) is 0 Å². The van der Waals surface area contributed by atoms with Gasteiger partial charge in [0, 0.05) is 25.2 Å². The van der Waals surface area contributed by atoms with Crippen molar-refractivity contribution in [3.8, 4) is 0 Å². The van der Waals surface area contributed by atoms with Gasteiger partial charge in [-0.3, -0.25) is 4.90 Å². The van der Waals surface area contributed by atoms with E-state index in [2.05, 4.69) is 38.2 Å². The lowest BCUT2D eigenvalue weighted by Crippen LogP contribution is -2.44. The van der Waals surface area contributed by atoms with Crippen LogP contribution in [-0.2, 0) is 4.74 Å². The van der Waals surface area contributed by atoms with Gasteiger partial charge in [-0.25, -0.2) is 0 Å². The predicted octanol–water partition coefficient (Wildman–Crippen LogP) is 1.48. The van der Waals surface area contributed by atoms with E-state index in [-0.39, 0.29) is 0 Å². The van der Waals surface area contributed by atoms with E-state index in [1.165, 1.54) is 19.3 Å². The summed E-state index contributed by atoms with van der Waals surface area (Å²) in [7, 11) is 4.28. The number of rotatable bonds is 6. The van der Waals surface area contributed by atoms with E-state index in [1.807, 2.05) is 0 Å². The Bertz CT molecular complexity index is 175. The molecule has 0 aromatic carbocycles. The van der Waals surface area contributed by atoms with Gasteiger partial charge in [-0.15, -0.1) is 0 Å². The maximum absolute atomic E-state index is 5.60. The van der Waals surface area contributed by atoms with Crippen molar-refractivity contribution in [1.82, 2.24) is 10.2 Å². The van der Waals surface area contributed by atoms with Gasteiger partial charge in [0.05, 0.1) is 6.10 Å². The highest BCUT2D eigenvalue weighted by atomic mass is 16.5. The largest absolute Gasteiger partial charge is 0.377 e. The molecular weight excluding hydrogens is 188 g/mol. The van der Waals surface area contributed by atoms with Crippen LogP contribution in [0.4, 0.5) is 0 Å². The lowest BCUT2D eigenvalue weighted by Gasteiger charge is -2.30. The third-order valence-electron chi connectivity index (χ3n) is 3.46. The topological polar surface area (TPSA) is 24.5 Å². The fraction of sp³-hybridized carbons (Fsp3) is 1.00. The first-order valence-corrected chi connectivity index (χ1v) is 6.18. The van der Waals surface area contributed by atoms with Gasteiger partial charge in [-0.1, -0.05) is 13.3 Å². The average Bonchev–Trinajstić information content (AvgIpc) is 2.63. The first kappa shape index (κ1) is 12.9. The van der Waals surface area contributed by atoms with Gasteiger partial charge in [-0.2, -0.15) is 0 Å². The quantitative estimate of drug-likeness (QED) is 0.725. The minimum atomic E-state index is 0.397. The zero-order chi connectivity index (χ0) is 11.3. The summed E-state index contributed by atoms with van der Waals surface area (Å²) >= 11 is 0. The lowest BCUT2D eigenvalue weighted by atomic mass is 10.1. The maximum Gasteiger partial charge on any atom is 0.0702 e. The molecule has 0 amide bonds. The van der Waals surface area contributed by atoms with E-state index in [0.29, 0.717) is 18.2 Å². The Morgan fingerprint density at radius 3 is 2.73 bits per heavy atom.